The molecule has 1 rings (SSSR count). The van der Waals surface area contributed by atoms with Gasteiger partial charge in [-0.25, -0.2) is 0 Å². The molecular weight excluding hydrogens is 259 g/mol. The van der Waals surface area contributed by atoms with Crippen LogP contribution < -0.4 is 9.92 Å². The Morgan fingerprint density at radius 2 is 2.06 bits per heavy atom. The Bertz CT molecular complexity index is 336. The van der Waals surface area contributed by atoms with Crippen LogP contribution in [0.4, 0.5) is 0 Å². The number of benzene rings is 1. The van der Waals surface area contributed by atoms with Gasteiger partial charge in [-0.05, 0) is 29.8 Å². The molecule has 1 nitrogen and oxygen atoms in total. The molecular formula is C12H18Cl2OSi. The van der Waals surface area contributed by atoms with E-state index in [-0.39, 0.29) is 0 Å². The van der Waals surface area contributed by atoms with Crippen LogP contribution >= 0.6 is 22.2 Å². The topological polar surface area (TPSA) is 9.23 Å². The summed E-state index contributed by atoms with van der Waals surface area (Å²) in [5, 5.41) is 0.998. The molecule has 0 heterocycles. The molecule has 0 saturated heterocycles. The molecule has 0 aliphatic heterocycles. The molecule has 1 aromatic rings. The van der Waals surface area contributed by atoms with E-state index in [2.05, 4.69) is 13.8 Å². The van der Waals surface area contributed by atoms with E-state index in [1.807, 2.05) is 30.8 Å². The summed E-state index contributed by atoms with van der Waals surface area (Å²) in [5.41, 5.74) is 0. The Hall–Kier alpha value is -0.183. The van der Waals surface area contributed by atoms with E-state index in [9.17, 15) is 0 Å². The van der Waals surface area contributed by atoms with Crippen LogP contribution in [0.3, 0.4) is 0 Å². The van der Waals surface area contributed by atoms with Crippen molar-refractivity contribution < 1.29 is 4.74 Å². The SMILES string of the molecule is CC[C@H](C)COc1cccc([Si](C)(Cl)Cl)c1. The maximum Gasteiger partial charge on any atom is 0.278 e. The molecule has 0 radical (unpaired) electrons. The first-order chi connectivity index (χ1) is 7.43. The Morgan fingerprint density at radius 1 is 1.38 bits per heavy atom. The van der Waals surface area contributed by atoms with Crippen LogP contribution in [0.1, 0.15) is 20.3 Å². The molecule has 0 saturated carbocycles. The van der Waals surface area contributed by atoms with Crippen molar-refractivity contribution in [1.29, 1.82) is 0 Å². The van der Waals surface area contributed by atoms with E-state index >= 15 is 0 Å². The lowest BCUT2D eigenvalue weighted by Gasteiger charge is -2.14. The second-order valence-corrected chi connectivity index (χ2v) is 11.7. The highest BCUT2D eigenvalue weighted by Gasteiger charge is 2.24. The summed E-state index contributed by atoms with van der Waals surface area (Å²) in [6.45, 7) is 4.70. The summed E-state index contributed by atoms with van der Waals surface area (Å²) < 4.78 is 5.70. The predicted molar refractivity (Wildman–Crippen MR) is 74.4 cm³/mol. The molecule has 0 unspecified atom stereocenters. The molecule has 0 N–H and O–H groups in total. The van der Waals surface area contributed by atoms with E-state index < -0.39 is 6.69 Å². The zero-order valence-corrected chi connectivity index (χ0v) is 12.5. The standard InChI is InChI=1S/C12H18Cl2OSi/c1-4-10(2)9-15-11-6-5-7-12(8-11)16(3,13)14/h5-8,10H,4,9H2,1-3H3/t10-/m0/s1. The molecule has 0 amide bonds. The van der Waals surface area contributed by atoms with Gasteiger partial charge in [-0.15, -0.1) is 22.2 Å². The van der Waals surface area contributed by atoms with Crippen molar-refractivity contribution in [3.05, 3.63) is 24.3 Å². The predicted octanol–water partition coefficient (Wildman–Crippen LogP) is 3.87. The molecule has 0 bridgehead atoms. The Labute approximate surface area is 108 Å². The zero-order valence-electron chi connectivity index (χ0n) is 9.97. The molecule has 0 fully saturated rings. The summed E-state index contributed by atoms with van der Waals surface area (Å²) in [4.78, 5) is 0. The third-order valence-corrected chi connectivity index (χ3v) is 5.21. The summed E-state index contributed by atoms with van der Waals surface area (Å²) in [6, 6.07) is 7.80. The van der Waals surface area contributed by atoms with Gasteiger partial charge in [-0.1, -0.05) is 32.4 Å². The van der Waals surface area contributed by atoms with Crippen molar-refractivity contribution in [3.8, 4) is 5.75 Å². The average molecular weight is 277 g/mol. The van der Waals surface area contributed by atoms with Crippen LogP contribution in [0.15, 0.2) is 24.3 Å². The first-order valence-corrected chi connectivity index (χ1v) is 10.1. The molecule has 4 heteroatoms. The van der Waals surface area contributed by atoms with Gasteiger partial charge in [-0.2, -0.15) is 0 Å². The van der Waals surface area contributed by atoms with Crippen LogP contribution in [-0.4, -0.2) is 13.3 Å². The molecule has 1 aromatic carbocycles. The smallest absolute Gasteiger partial charge is 0.278 e. The van der Waals surface area contributed by atoms with Crippen LogP contribution in [0.2, 0.25) is 6.55 Å². The molecule has 0 aliphatic rings. The van der Waals surface area contributed by atoms with E-state index in [0.717, 1.165) is 24.0 Å². The zero-order chi connectivity index (χ0) is 12.2. The molecule has 16 heavy (non-hydrogen) atoms. The van der Waals surface area contributed by atoms with E-state index in [1.165, 1.54) is 0 Å². The normalized spacial score (nSPS) is 13.6. The molecule has 90 valence electrons. The molecule has 0 aliphatic carbocycles. The molecule has 0 aromatic heterocycles. The van der Waals surface area contributed by atoms with Crippen molar-refractivity contribution in [1.82, 2.24) is 0 Å². The van der Waals surface area contributed by atoms with Gasteiger partial charge in [0.05, 0.1) is 6.61 Å². The number of rotatable bonds is 5. The fraction of sp³-hybridized carbons (Fsp3) is 0.500. The average Bonchev–Trinajstić information content (AvgIpc) is 2.25. The highest BCUT2D eigenvalue weighted by molar-refractivity contribution is 7.50. The van der Waals surface area contributed by atoms with Crippen molar-refractivity contribution in [2.45, 2.75) is 26.8 Å². The first-order valence-electron chi connectivity index (χ1n) is 5.54. The summed E-state index contributed by atoms with van der Waals surface area (Å²) in [5.74, 6) is 1.43. The highest BCUT2D eigenvalue weighted by Crippen LogP contribution is 2.18. The second kappa shape index (κ2) is 5.94. The Kier molecular flexibility index (Phi) is 5.16. The van der Waals surface area contributed by atoms with E-state index in [0.29, 0.717) is 5.92 Å². The fourth-order valence-corrected chi connectivity index (χ4v) is 2.71. The molecule has 1 atom stereocenters. The lowest BCUT2D eigenvalue weighted by Crippen LogP contribution is -2.32. The Morgan fingerprint density at radius 3 is 2.62 bits per heavy atom. The van der Waals surface area contributed by atoms with Gasteiger partial charge in [0, 0.05) is 0 Å². The third-order valence-electron chi connectivity index (χ3n) is 2.57. The van der Waals surface area contributed by atoms with Gasteiger partial charge < -0.3 is 4.74 Å². The largest absolute Gasteiger partial charge is 0.493 e. The van der Waals surface area contributed by atoms with Crippen molar-refractivity contribution >= 4 is 34.0 Å². The van der Waals surface area contributed by atoms with Gasteiger partial charge in [0.2, 0.25) is 0 Å². The maximum atomic E-state index is 6.17. The monoisotopic (exact) mass is 276 g/mol. The highest BCUT2D eigenvalue weighted by atomic mass is 35.7. The van der Waals surface area contributed by atoms with Gasteiger partial charge in [0.15, 0.2) is 0 Å². The van der Waals surface area contributed by atoms with Crippen molar-refractivity contribution in [3.63, 3.8) is 0 Å². The van der Waals surface area contributed by atoms with Crippen molar-refractivity contribution in [2.75, 3.05) is 6.61 Å². The summed E-state index contributed by atoms with van der Waals surface area (Å²) >= 11 is 12.3. The van der Waals surface area contributed by atoms with Gasteiger partial charge in [0.1, 0.15) is 5.75 Å². The van der Waals surface area contributed by atoms with Crippen LogP contribution in [-0.2, 0) is 0 Å². The van der Waals surface area contributed by atoms with E-state index in [1.54, 1.807) is 0 Å². The third kappa shape index (κ3) is 4.36. The van der Waals surface area contributed by atoms with Crippen LogP contribution in [0.5, 0.6) is 5.75 Å². The Balaban J connectivity index is 2.68. The number of halogens is 2. The lowest BCUT2D eigenvalue weighted by atomic mass is 10.1. The minimum Gasteiger partial charge on any atom is -0.493 e. The van der Waals surface area contributed by atoms with Gasteiger partial charge in [0.25, 0.3) is 6.69 Å². The van der Waals surface area contributed by atoms with E-state index in [4.69, 9.17) is 26.9 Å². The maximum absolute atomic E-state index is 6.17. The van der Waals surface area contributed by atoms with Gasteiger partial charge >= 0.3 is 0 Å². The quantitative estimate of drug-likeness (QED) is 0.586. The minimum atomic E-state index is -2.26. The van der Waals surface area contributed by atoms with Gasteiger partial charge in [-0.3, -0.25) is 0 Å². The van der Waals surface area contributed by atoms with Crippen LogP contribution in [0.25, 0.3) is 0 Å². The number of hydrogen-bond donors (Lipinski definition) is 0. The number of ether oxygens (including phenoxy) is 1. The summed E-state index contributed by atoms with van der Waals surface area (Å²) in [6.07, 6.45) is 1.12. The van der Waals surface area contributed by atoms with Crippen LogP contribution in [0, 0.1) is 5.92 Å². The fourth-order valence-electron chi connectivity index (χ4n) is 1.22. The second-order valence-electron chi connectivity index (χ2n) is 4.24. The minimum absolute atomic E-state index is 0.569. The molecule has 0 spiro atoms. The van der Waals surface area contributed by atoms with Crippen molar-refractivity contribution in [2.24, 2.45) is 5.92 Å². The lowest BCUT2D eigenvalue weighted by molar-refractivity contribution is 0.257. The summed E-state index contributed by atoms with van der Waals surface area (Å²) in [7, 11) is 0. The first kappa shape index (κ1) is 13.9. The number of hydrogen-bond acceptors (Lipinski definition) is 1.